The van der Waals surface area contributed by atoms with Crippen molar-refractivity contribution >= 4 is 11.6 Å². The second kappa shape index (κ2) is 6.65. The number of rotatable bonds is 5. The first-order chi connectivity index (χ1) is 8.45. The third kappa shape index (κ3) is 3.92. The summed E-state index contributed by atoms with van der Waals surface area (Å²) < 4.78 is 0. The van der Waals surface area contributed by atoms with Crippen LogP contribution in [0.2, 0.25) is 5.02 Å². The molecule has 0 unspecified atom stereocenters. The van der Waals surface area contributed by atoms with E-state index in [4.69, 9.17) is 11.6 Å². The van der Waals surface area contributed by atoms with Crippen molar-refractivity contribution in [2.24, 2.45) is 0 Å². The molecule has 0 N–H and O–H groups in total. The molecule has 0 bridgehead atoms. The van der Waals surface area contributed by atoms with E-state index in [0.29, 0.717) is 0 Å². The molecular weight excluding hydrogens is 242 g/mol. The lowest BCUT2D eigenvalue weighted by atomic mass is 10.1. The second-order valence-electron chi connectivity index (χ2n) is 4.67. The lowest BCUT2D eigenvalue weighted by molar-refractivity contribution is 0.417. The number of benzene rings is 1. The van der Waals surface area contributed by atoms with Crippen LogP contribution in [0.3, 0.4) is 0 Å². The molecule has 98 valence electrons. The molecule has 1 nitrogen and oxygen atoms in total. The monoisotopic (exact) mass is 263 g/mol. The van der Waals surface area contributed by atoms with Crippen LogP contribution in [-0.4, -0.2) is 4.90 Å². The van der Waals surface area contributed by atoms with E-state index in [2.05, 4.69) is 38.3 Å². The van der Waals surface area contributed by atoms with Gasteiger partial charge in [0.2, 0.25) is 0 Å². The zero-order valence-corrected chi connectivity index (χ0v) is 12.5. The van der Waals surface area contributed by atoms with Crippen molar-refractivity contribution < 1.29 is 0 Å². The van der Waals surface area contributed by atoms with E-state index in [9.17, 15) is 0 Å². The topological polar surface area (TPSA) is 3.24 Å². The summed E-state index contributed by atoms with van der Waals surface area (Å²) in [6.07, 6.45) is 1.06. The predicted molar refractivity (Wildman–Crippen MR) is 80.5 cm³/mol. The van der Waals surface area contributed by atoms with Crippen LogP contribution in [0.5, 0.6) is 0 Å². The highest BCUT2D eigenvalue weighted by molar-refractivity contribution is 6.30. The fraction of sp³-hybridized carbons (Fsp3) is 0.375. The molecule has 0 aliphatic rings. The average Bonchev–Trinajstić information content (AvgIpc) is 2.34. The molecule has 0 atom stereocenters. The summed E-state index contributed by atoms with van der Waals surface area (Å²) in [6, 6.07) is 7.98. The Morgan fingerprint density at radius 2 is 1.94 bits per heavy atom. The molecule has 0 aliphatic heterocycles. The van der Waals surface area contributed by atoms with Crippen LogP contribution in [0.25, 0.3) is 0 Å². The van der Waals surface area contributed by atoms with Crippen LogP contribution in [0, 0.1) is 0 Å². The van der Waals surface area contributed by atoms with Gasteiger partial charge in [-0.15, -0.1) is 0 Å². The highest BCUT2D eigenvalue weighted by atomic mass is 35.5. The number of hydrogen-bond donors (Lipinski definition) is 0. The quantitative estimate of drug-likeness (QED) is 0.689. The predicted octanol–water partition coefficient (Wildman–Crippen LogP) is 5.38. The Bertz CT molecular complexity index is 460. The van der Waals surface area contributed by atoms with Crippen LogP contribution < -0.4 is 0 Å². The maximum Gasteiger partial charge on any atom is 0.0475 e. The minimum atomic E-state index is 0.781. The first kappa shape index (κ1) is 14.8. The molecule has 1 rings (SSSR count). The van der Waals surface area contributed by atoms with E-state index in [1.165, 1.54) is 16.8 Å². The number of allylic oxidation sites excluding steroid dienone is 3. The van der Waals surface area contributed by atoms with Crippen LogP contribution >= 0.6 is 11.6 Å². The van der Waals surface area contributed by atoms with E-state index in [1.807, 2.05) is 25.1 Å². The van der Waals surface area contributed by atoms with Crippen molar-refractivity contribution in [1.82, 2.24) is 4.90 Å². The van der Waals surface area contributed by atoms with Gasteiger partial charge >= 0.3 is 0 Å². The fourth-order valence-electron chi connectivity index (χ4n) is 1.84. The van der Waals surface area contributed by atoms with Crippen molar-refractivity contribution in [3.8, 4) is 0 Å². The number of hydrogen-bond acceptors (Lipinski definition) is 1. The normalized spacial score (nSPS) is 12.1. The van der Waals surface area contributed by atoms with Gasteiger partial charge in [-0.1, -0.05) is 42.8 Å². The molecule has 0 amide bonds. The molecule has 18 heavy (non-hydrogen) atoms. The summed E-state index contributed by atoms with van der Waals surface area (Å²) in [7, 11) is 0. The van der Waals surface area contributed by atoms with Crippen molar-refractivity contribution in [2.75, 3.05) is 0 Å². The van der Waals surface area contributed by atoms with Crippen LogP contribution in [0.15, 0.2) is 47.8 Å². The molecule has 1 aromatic rings. The largest absolute Gasteiger partial charge is 0.345 e. The summed E-state index contributed by atoms with van der Waals surface area (Å²) in [4.78, 5) is 2.24. The van der Waals surface area contributed by atoms with Gasteiger partial charge in [0, 0.05) is 23.0 Å². The van der Waals surface area contributed by atoms with E-state index in [-0.39, 0.29) is 0 Å². The van der Waals surface area contributed by atoms with Gasteiger partial charge in [0.1, 0.15) is 0 Å². The van der Waals surface area contributed by atoms with Gasteiger partial charge in [-0.2, -0.15) is 0 Å². The van der Waals surface area contributed by atoms with Gasteiger partial charge in [-0.3, -0.25) is 0 Å². The molecule has 0 saturated heterocycles. The van der Waals surface area contributed by atoms with Gasteiger partial charge in [0.05, 0.1) is 0 Å². The molecule has 0 fully saturated rings. The van der Waals surface area contributed by atoms with E-state index in [0.717, 1.165) is 23.7 Å². The minimum absolute atomic E-state index is 0.781. The van der Waals surface area contributed by atoms with Gasteiger partial charge in [-0.25, -0.2) is 0 Å². The Hall–Kier alpha value is -1.21. The number of halogens is 1. The van der Waals surface area contributed by atoms with Gasteiger partial charge in [-0.05, 0) is 44.9 Å². The zero-order chi connectivity index (χ0) is 13.7. The Labute approximate surface area is 116 Å². The lowest BCUT2D eigenvalue weighted by Crippen LogP contribution is -2.19. The smallest absolute Gasteiger partial charge is 0.0475 e. The highest BCUT2D eigenvalue weighted by Crippen LogP contribution is 2.21. The molecule has 0 radical (unpaired) electrons. The maximum absolute atomic E-state index is 6.02. The fourth-order valence-corrected chi connectivity index (χ4v) is 2.06. The van der Waals surface area contributed by atoms with Crippen molar-refractivity contribution in [2.45, 2.75) is 40.7 Å². The number of nitrogens with zero attached hydrogens (tertiary/aromatic N) is 1. The van der Waals surface area contributed by atoms with Crippen molar-refractivity contribution in [3.05, 3.63) is 58.4 Å². The highest BCUT2D eigenvalue weighted by Gasteiger charge is 2.09. The summed E-state index contributed by atoms with van der Waals surface area (Å²) in [5, 5.41) is 0.781. The standard InChI is InChI=1S/C16H22ClN/c1-6-13(4)14(5)18(12(2)3)11-15-8-7-9-16(17)10-15/h7-10H,2,6,11H2,1,3-5H3/b14-13+. The molecule has 0 heterocycles. The molecule has 2 heteroatoms. The summed E-state index contributed by atoms with van der Waals surface area (Å²) in [5.41, 5.74) is 4.93. The molecule has 0 aromatic heterocycles. The Balaban J connectivity index is 2.98. The van der Waals surface area contributed by atoms with Crippen LogP contribution in [-0.2, 0) is 6.54 Å². The lowest BCUT2D eigenvalue weighted by Gasteiger charge is -2.27. The Morgan fingerprint density at radius 1 is 1.28 bits per heavy atom. The van der Waals surface area contributed by atoms with Gasteiger partial charge in [0.15, 0.2) is 0 Å². The third-order valence-corrected chi connectivity index (χ3v) is 3.48. The second-order valence-corrected chi connectivity index (χ2v) is 5.11. The summed E-state index contributed by atoms with van der Waals surface area (Å²) >= 11 is 6.02. The average molecular weight is 264 g/mol. The first-order valence-electron chi connectivity index (χ1n) is 6.29. The molecular formula is C16H22ClN. The van der Waals surface area contributed by atoms with E-state index < -0.39 is 0 Å². The zero-order valence-electron chi connectivity index (χ0n) is 11.8. The molecule has 0 saturated carbocycles. The third-order valence-electron chi connectivity index (χ3n) is 3.24. The first-order valence-corrected chi connectivity index (χ1v) is 6.67. The maximum atomic E-state index is 6.02. The van der Waals surface area contributed by atoms with Gasteiger partial charge < -0.3 is 4.90 Å². The minimum Gasteiger partial charge on any atom is -0.345 e. The van der Waals surface area contributed by atoms with Crippen molar-refractivity contribution in [1.29, 1.82) is 0 Å². The van der Waals surface area contributed by atoms with Gasteiger partial charge in [0.25, 0.3) is 0 Å². The van der Waals surface area contributed by atoms with Crippen molar-refractivity contribution in [3.63, 3.8) is 0 Å². The summed E-state index contributed by atoms with van der Waals surface area (Å²) in [6.45, 7) is 13.4. The molecule has 0 spiro atoms. The van der Waals surface area contributed by atoms with E-state index >= 15 is 0 Å². The molecule has 0 aliphatic carbocycles. The van der Waals surface area contributed by atoms with Crippen LogP contribution in [0.1, 0.15) is 39.7 Å². The van der Waals surface area contributed by atoms with E-state index in [1.54, 1.807) is 0 Å². The Morgan fingerprint density at radius 3 is 2.44 bits per heavy atom. The Kier molecular flexibility index (Phi) is 5.49. The van der Waals surface area contributed by atoms with Crippen LogP contribution in [0.4, 0.5) is 0 Å². The summed E-state index contributed by atoms with van der Waals surface area (Å²) in [5.74, 6) is 0. The molecule has 1 aromatic carbocycles. The SMILES string of the molecule is C=C(C)N(Cc1cccc(Cl)c1)/C(C)=C(\C)CC.